The van der Waals surface area contributed by atoms with Crippen LogP contribution < -0.4 is 21.4 Å². The van der Waals surface area contributed by atoms with Gasteiger partial charge >= 0.3 is 6.09 Å². The van der Waals surface area contributed by atoms with Gasteiger partial charge in [-0.1, -0.05) is 48.9 Å². The first-order valence-corrected chi connectivity index (χ1v) is 16.6. The Morgan fingerprint density at radius 1 is 0.943 bits per heavy atom. The lowest BCUT2D eigenvalue weighted by atomic mass is 10.0. The molecule has 2 atom stereocenters. The molecule has 0 aromatic heterocycles. The highest BCUT2D eigenvalue weighted by molar-refractivity contribution is 6.03. The summed E-state index contributed by atoms with van der Waals surface area (Å²) in [6.07, 6.45) is 3.80. The lowest BCUT2D eigenvalue weighted by molar-refractivity contribution is -0.385. The van der Waals surface area contributed by atoms with Crippen LogP contribution in [0, 0.1) is 10.1 Å². The molecule has 3 aromatic rings. The third-order valence-corrected chi connectivity index (χ3v) is 7.84. The first-order chi connectivity index (χ1) is 25.4. The topological polar surface area (TPSA) is 219 Å². The number of aldehydes is 1. The van der Waals surface area contributed by atoms with Gasteiger partial charge in [0.05, 0.1) is 16.7 Å². The number of nitrogens with one attached hydrogen (secondary N) is 4. The molecule has 0 saturated carbocycles. The van der Waals surface area contributed by atoms with Crippen molar-refractivity contribution in [3.05, 3.63) is 112 Å². The van der Waals surface area contributed by atoms with E-state index in [0.717, 1.165) is 12.1 Å². The van der Waals surface area contributed by atoms with Gasteiger partial charge in [0.25, 0.3) is 11.6 Å². The number of nitrogens with zero attached hydrogens (tertiary/aromatic N) is 3. The molecular weight excluding hydrogens is 686 g/mol. The minimum absolute atomic E-state index is 0.141. The van der Waals surface area contributed by atoms with Crippen molar-refractivity contribution in [2.24, 2.45) is 5.10 Å². The molecule has 0 saturated heterocycles. The lowest BCUT2D eigenvalue weighted by Gasteiger charge is -2.24. The van der Waals surface area contributed by atoms with Gasteiger partial charge in [0.1, 0.15) is 18.0 Å². The zero-order valence-electron chi connectivity index (χ0n) is 29.4. The van der Waals surface area contributed by atoms with E-state index in [1.807, 2.05) is 6.07 Å². The van der Waals surface area contributed by atoms with Crippen LogP contribution in [-0.2, 0) is 23.9 Å². The third kappa shape index (κ3) is 13.2. The van der Waals surface area contributed by atoms with Crippen LogP contribution >= 0.6 is 0 Å². The van der Waals surface area contributed by atoms with Gasteiger partial charge in [-0.05, 0) is 68.2 Å². The zero-order chi connectivity index (χ0) is 38.8. The quantitative estimate of drug-likeness (QED) is 0.0330. The van der Waals surface area contributed by atoms with Gasteiger partial charge in [0.15, 0.2) is 0 Å². The average Bonchev–Trinajstić information content (AvgIpc) is 3.15. The molecule has 278 valence electrons. The first kappa shape index (κ1) is 40.7. The van der Waals surface area contributed by atoms with Gasteiger partial charge in [-0.15, -0.1) is 0 Å². The van der Waals surface area contributed by atoms with Crippen LogP contribution in [0.3, 0.4) is 0 Å². The van der Waals surface area contributed by atoms with Gasteiger partial charge in [-0.3, -0.25) is 39.4 Å². The summed E-state index contributed by atoms with van der Waals surface area (Å²) in [5, 5.41) is 23.7. The Labute approximate surface area is 305 Å². The smallest absolute Gasteiger partial charge is 0.412 e. The van der Waals surface area contributed by atoms with E-state index in [9.17, 15) is 38.9 Å². The maximum Gasteiger partial charge on any atom is 0.412 e. The number of likely N-dealkylation sites (N-methyl/N-ethyl adjacent to an activating group) is 1. The summed E-state index contributed by atoms with van der Waals surface area (Å²) in [4.78, 5) is 83.7. The van der Waals surface area contributed by atoms with Crippen molar-refractivity contribution < 1.29 is 38.4 Å². The molecule has 4 N–H and O–H groups in total. The Morgan fingerprint density at radius 3 is 2.30 bits per heavy atom. The molecule has 5 amide bonds. The minimum Gasteiger partial charge on any atom is -0.439 e. The van der Waals surface area contributed by atoms with Crippen LogP contribution in [0.1, 0.15) is 67.1 Å². The average molecular weight is 728 g/mol. The summed E-state index contributed by atoms with van der Waals surface area (Å²) in [5.74, 6) is -1.51. The number of ether oxygens (including phenoxy) is 1. The number of carbonyl (C=O) groups is 6. The van der Waals surface area contributed by atoms with Crippen LogP contribution in [0.4, 0.5) is 21.9 Å². The summed E-state index contributed by atoms with van der Waals surface area (Å²) in [6, 6.07) is 18.6. The van der Waals surface area contributed by atoms with Crippen LogP contribution in [-0.4, -0.2) is 71.7 Å². The molecule has 53 heavy (non-hydrogen) atoms. The number of nitro benzene ring substituents is 1. The first-order valence-electron chi connectivity index (χ1n) is 16.6. The SMILES string of the molecule is C/C(=N\NC(=O)c1ccc(NC(=O)CCCCCN(C)C(=O)/C=C\C=O)cc1[N+](=O)[O-])c1ccc(NC(=O)OC(c2ccccc2)C(C)NC=O)cc1. The second kappa shape index (κ2) is 20.8. The van der Waals surface area contributed by atoms with Gasteiger partial charge < -0.3 is 20.3 Å². The second-order valence-corrected chi connectivity index (χ2v) is 11.8. The fourth-order valence-electron chi connectivity index (χ4n) is 4.96. The molecule has 3 rings (SSSR count). The van der Waals surface area contributed by atoms with E-state index < -0.39 is 34.8 Å². The second-order valence-electron chi connectivity index (χ2n) is 11.8. The molecule has 0 bridgehead atoms. The normalized spacial score (nSPS) is 12.2. The number of allylic oxidation sites excluding steroid dienone is 1. The molecule has 0 aliphatic rings. The minimum atomic E-state index is -0.841. The molecule has 3 aromatic carbocycles. The van der Waals surface area contributed by atoms with E-state index >= 15 is 0 Å². The molecule has 0 heterocycles. The standard InChI is InChI=1S/C37H41N7O9/c1-25(27-15-17-29(18-16-27)40-37(50)53-35(26(2)38-24-46)28-11-6-4-7-12-28)41-42-36(49)31-20-19-30(23-32(31)44(51)52)39-33(47)13-8-5-9-21-43(3)34(48)14-10-22-45/h4,6-7,10-12,14-20,22-24,26,35H,5,8-9,13,21H2,1-3H3,(H,38,46)(H,39,47)(H,40,50)(H,42,49)/b14-10-,41-25+. The Hall–Kier alpha value is -6.71. The summed E-state index contributed by atoms with van der Waals surface area (Å²) in [6.45, 7) is 3.77. The number of carbonyl (C=O) groups excluding carboxylic acids is 6. The highest BCUT2D eigenvalue weighted by Crippen LogP contribution is 2.25. The predicted molar refractivity (Wildman–Crippen MR) is 197 cm³/mol. The summed E-state index contributed by atoms with van der Waals surface area (Å²) < 4.78 is 5.61. The highest BCUT2D eigenvalue weighted by atomic mass is 16.6. The zero-order valence-corrected chi connectivity index (χ0v) is 29.4. The third-order valence-electron chi connectivity index (χ3n) is 7.84. The molecule has 0 aliphatic heterocycles. The molecule has 16 heteroatoms. The van der Waals surface area contributed by atoms with Crippen LogP contribution in [0.15, 0.2) is 90.0 Å². The highest BCUT2D eigenvalue weighted by Gasteiger charge is 2.24. The molecular formula is C37H41N7O9. The largest absolute Gasteiger partial charge is 0.439 e. The maximum absolute atomic E-state index is 12.9. The van der Waals surface area contributed by atoms with E-state index in [1.165, 1.54) is 23.1 Å². The molecule has 0 aliphatic carbocycles. The Balaban J connectivity index is 1.54. The number of amides is 5. The maximum atomic E-state index is 12.9. The Morgan fingerprint density at radius 2 is 1.64 bits per heavy atom. The summed E-state index contributed by atoms with van der Waals surface area (Å²) >= 11 is 0. The summed E-state index contributed by atoms with van der Waals surface area (Å²) in [7, 11) is 1.61. The van der Waals surface area contributed by atoms with Crippen molar-refractivity contribution in [2.45, 2.75) is 51.7 Å². The fraction of sp³-hybridized carbons (Fsp3) is 0.270. The van der Waals surface area contributed by atoms with Crippen LogP contribution in [0.25, 0.3) is 0 Å². The van der Waals surface area contributed by atoms with Crippen molar-refractivity contribution in [2.75, 3.05) is 24.2 Å². The number of anilines is 2. The van der Waals surface area contributed by atoms with E-state index in [0.29, 0.717) is 61.0 Å². The number of rotatable bonds is 19. The molecule has 0 radical (unpaired) electrons. The van der Waals surface area contributed by atoms with Crippen molar-refractivity contribution in [1.82, 2.24) is 15.6 Å². The number of benzene rings is 3. The van der Waals surface area contributed by atoms with Gasteiger partial charge in [-0.2, -0.15) is 5.10 Å². The van der Waals surface area contributed by atoms with Crippen molar-refractivity contribution in [3.8, 4) is 0 Å². The molecule has 0 fully saturated rings. The predicted octanol–water partition coefficient (Wildman–Crippen LogP) is 4.89. The van der Waals surface area contributed by atoms with Gasteiger partial charge in [0, 0.05) is 43.5 Å². The monoisotopic (exact) mass is 727 g/mol. The van der Waals surface area contributed by atoms with Crippen molar-refractivity contribution in [1.29, 1.82) is 0 Å². The fourth-order valence-corrected chi connectivity index (χ4v) is 4.96. The molecule has 0 spiro atoms. The molecule has 2 unspecified atom stereocenters. The number of hydrazone groups is 1. The number of nitro groups is 1. The van der Waals surface area contributed by atoms with Crippen molar-refractivity contribution in [3.63, 3.8) is 0 Å². The number of hydrogen-bond donors (Lipinski definition) is 4. The molecule has 16 nitrogen and oxygen atoms in total. The van der Waals surface area contributed by atoms with E-state index in [4.69, 9.17) is 4.74 Å². The van der Waals surface area contributed by atoms with E-state index in [1.54, 1.807) is 69.4 Å². The Bertz CT molecular complexity index is 1830. The Kier molecular flexibility index (Phi) is 16.0. The number of unbranched alkanes of at least 4 members (excludes halogenated alkanes) is 2. The van der Waals surface area contributed by atoms with Gasteiger partial charge in [0.2, 0.25) is 18.2 Å². The van der Waals surface area contributed by atoms with Gasteiger partial charge in [-0.25, -0.2) is 10.2 Å². The van der Waals surface area contributed by atoms with Crippen molar-refractivity contribution >= 4 is 59.3 Å². The van der Waals surface area contributed by atoms with Crippen LogP contribution in [0.5, 0.6) is 0 Å². The number of hydrogen-bond acceptors (Lipinski definition) is 10. The summed E-state index contributed by atoms with van der Waals surface area (Å²) in [5.41, 5.74) is 3.71. The van der Waals surface area contributed by atoms with E-state index in [2.05, 4.69) is 26.5 Å². The van der Waals surface area contributed by atoms with Crippen LogP contribution in [0.2, 0.25) is 0 Å². The van der Waals surface area contributed by atoms with E-state index in [-0.39, 0.29) is 29.5 Å². The lowest BCUT2D eigenvalue weighted by Crippen LogP contribution is -2.34.